The Balaban J connectivity index is 1.80. The van der Waals surface area contributed by atoms with Gasteiger partial charge in [-0.1, -0.05) is 6.92 Å². The zero-order valence-electron chi connectivity index (χ0n) is 11.8. The van der Waals surface area contributed by atoms with Crippen molar-refractivity contribution in [2.45, 2.75) is 37.5 Å². The van der Waals surface area contributed by atoms with Crippen LogP contribution < -0.4 is 10.6 Å². The second kappa shape index (κ2) is 7.31. The molecular formula is C14H19N3O3S. The minimum atomic E-state index is -1.09. The smallest absolute Gasteiger partial charge is 0.354 e. The van der Waals surface area contributed by atoms with Crippen molar-refractivity contribution in [3.8, 4) is 0 Å². The average Bonchev–Trinajstić information content (AvgIpc) is 2.87. The zero-order chi connectivity index (χ0) is 15.2. The highest BCUT2D eigenvalue weighted by Gasteiger charge is 2.25. The lowest BCUT2D eigenvalue weighted by Gasteiger charge is -2.14. The van der Waals surface area contributed by atoms with E-state index >= 15 is 0 Å². The minimum Gasteiger partial charge on any atom is -0.477 e. The summed E-state index contributed by atoms with van der Waals surface area (Å²) in [6.45, 7) is 2.14. The van der Waals surface area contributed by atoms with Crippen molar-refractivity contribution in [1.82, 2.24) is 10.3 Å². The molecule has 2 rings (SSSR count). The van der Waals surface area contributed by atoms with Crippen molar-refractivity contribution in [3.05, 3.63) is 24.0 Å². The van der Waals surface area contributed by atoms with Crippen LogP contribution in [0.3, 0.4) is 0 Å². The van der Waals surface area contributed by atoms with Crippen LogP contribution in [0, 0.1) is 0 Å². The van der Waals surface area contributed by atoms with Crippen LogP contribution in [0.2, 0.25) is 0 Å². The number of nitrogens with one attached hydrogen (secondary N) is 2. The molecule has 0 radical (unpaired) electrons. The number of amides is 2. The number of carbonyl (C=O) groups is 2. The van der Waals surface area contributed by atoms with Crippen molar-refractivity contribution in [2.24, 2.45) is 0 Å². The summed E-state index contributed by atoms with van der Waals surface area (Å²) in [4.78, 5) is 26.3. The fraction of sp³-hybridized carbons (Fsp3) is 0.500. The molecule has 21 heavy (non-hydrogen) atoms. The first-order chi connectivity index (χ1) is 10.1. The Kier molecular flexibility index (Phi) is 5.44. The Labute approximate surface area is 127 Å². The summed E-state index contributed by atoms with van der Waals surface area (Å²) in [5.41, 5.74) is 0.436. The fourth-order valence-electron chi connectivity index (χ4n) is 2.41. The number of aromatic carboxylic acids is 1. The zero-order valence-corrected chi connectivity index (χ0v) is 12.7. The number of carboxylic acid groups (broad SMARTS) is 1. The molecule has 114 valence electrons. The Hall–Kier alpha value is -1.76. The van der Waals surface area contributed by atoms with Crippen molar-refractivity contribution in [3.63, 3.8) is 0 Å². The third-order valence-corrected chi connectivity index (χ3v) is 4.60. The SMILES string of the molecule is CCSC1CCC(NC(=O)Nc2ccc(C(=O)O)nc2)C1. The van der Waals surface area contributed by atoms with Gasteiger partial charge in [-0.05, 0) is 37.1 Å². The van der Waals surface area contributed by atoms with E-state index in [1.165, 1.54) is 18.3 Å². The van der Waals surface area contributed by atoms with Gasteiger partial charge in [0.1, 0.15) is 5.69 Å². The van der Waals surface area contributed by atoms with Crippen LogP contribution >= 0.6 is 11.8 Å². The lowest BCUT2D eigenvalue weighted by Crippen LogP contribution is -2.36. The molecule has 0 aromatic carbocycles. The van der Waals surface area contributed by atoms with E-state index in [2.05, 4.69) is 22.5 Å². The van der Waals surface area contributed by atoms with E-state index in [9.17, 15) is 9.59 Å². The normalized spacial score (nSPS) is 21.0. The highest BCUT2D eigenvalue weighted by Crippen LogP contribution is 2.29. The molecule has 0 aliphatic heterocycles. The first-order valence-electron chi connectivity index (χ1n) is 6.97. The van der Waals surface area contributed by atoms with Crippen molar-refractivity contribution in [2.75, 3.05) is 11.1 Å². The van der Waals surface area contributed by atoms with Crippen LogP contribution in [-0.4, -0.2) is 39.1 Å². The third-order valence-electron chi connectivity index (χ3n) is 3.36. The maximum Gasteiger partial charge on any atom is 0.354 e. The van der Waals surface area contributed by atoms with E-state index in [1.807, 2.05) is 11.8 Å². The average molecular weight is 309 g/mol. The number of pyridine rings is 1. The number of rotatable bonds is 5. The predicted octanol–water partition coefficient (Wildman–Crippen LogP) is 2.58. The van der Waals surface area contributed by atoms with E-state index in [1.54, 1.807) is 0 Å². The highest BCUT2D eigenvalue weighted by atomic mass is 32.2. The highest BCUT2D eigenvalue weighted by molar-refractivity contribution is 7.99. The molecule has 2 unspecified atom stereocenters. The van der Waals surface area contributed by atoms with Crippen LogP contribution in [-0.2, 0) is 0 Å². The molecule has 1 aliphatic carbocycles. The van der Waals surface area contributed by atoms with Gasteiger partial charge in [-0.25, -0.2) is 14.6 Å². The number of thioether (sulfide) groups is 1. The number of aromatic nitrogens is 1. The van der Waals surface area contributed by atoms with Crippen molar-refractivity contribution >= 4 is 29.4 Å². The summed E-state index contributed by atoms with van der Waals surface area (Å²) in [5.74, 6) is 0.0157. The maximum atomic E-state index is 11.9. The van der Waals surface area contributed by atoms with Gasteiger partial charge in [-0.3, -0.25) is 0 Å². The Morgan fingerprint density at radius 2 is 2.24 bits per heavy atom. The number of urea groups is 1. The van der Waals surface area contributed by atoms with Gasteiger partial charge < -0.3 is 15.7 Å². The van der Waals surface area contributed by atoms with Gasteiger partial charge in [0.15, 0.2) is 0 Å². The molecule has 2 amide bonds. The Morgan fingerprint density at radius 3 is 2.86 bits per heavy atom. The van der Waals surface area contributed by atoms with Crippen molar-refractivity contribution < 1.29 is 14.7 Å². The van der Waals surface area contributed by atoms with E-state index in [4.69, 9.17) is 5.11 Å². The quantitative estimate of drug-likeness (QED) is 0.777. The first-order valence-corrected chi connectivity index (χ1v) is 8.01. The molecule has 6 nitrogen and oxygen atoms in total. The van der Waals surface area contributed by atoms with Gasteiger partial charge >= 0.3 is 12.0 Å². The maximum absolute atomic E-state index is 11.9. The van der Waals surface area contributed by atoms with Crippen LogP contribution in [0.1, 0.15) is 36.7 Å². The number of hydrogen-bond donors (Lipinski definition) is 3. The number of carboxylic acids is 1. The van der Waals surface area contributed by atoms with Gasteiger partial charge in [-0.15, -0.1) is 0 Å². The molecule has 1 aromatic heterocycles. The van der Waals surface area contributed by atoms with Gasteiger partial charge in [0.05, 0.1) is 11.9 Å². The molecule has 7 heteroatoms. The molecule has 1 heterocycles. The van der Waals surface area contributed by atoms with Gasteiger partial charge in [0.25, 0.3) is 0 Å². The lowest BCUT2D eigenvalue weighted by atomic mass is 10.2. The Bertz CT molecular complexity index is 507. The number of nitrogens with zero attached hydrogens (tertiary/aromatic N) is 1. The molecule has 2 atom stereocenters. The molecule has 0 bridgehead atoms. The minimum absolute atomic E-state index is 0.0452. The first kappa shape index (κ1) is 15.6. The van der Waals surface area contributed by atoms with Crippen LogP contribution in [0.4, 0.5) is 10.5 Å². The second-order valence-corrected chi connectivity index (χ2v) is 6.50. The summed E-state index contributed by atoms with van der Waals surface area (Å²) in [6, 6.07) is 2.83. The van der Waals surface area contributed by atoms with Gasteiger partial charge in [-0.2, -0.15) is 11.8 Å². The molecule has 1 aromatic rings. The largest absolute Gasteiger partial charge is 0.477 e. The van der Waals surface area contributed by atoms with Gasteiger partial charge in [0.2, 0.25) is 0 Å². The van der Waals surface area contributed by atoms with Crippen LogP contribution in [0.5, 0.6) is 0 Å². The number of carbonyl (C=O) groups excluding carboxylic acids is 1. The number of anilines is 1. The second-order valence-electron chi connectivity index (χ2n) is 4.92. The molecule has 1 aliphatic rings. The molecule has 3 N–H and O–H groups in total. The van der Waals surface area contributed by atoms with Crippen LogP contribution in [0.25, 0.3) is 0 Å². The molecule has 0 saturated heterocycles. The topological polar surface area (TPSA) is 91.3 Å². The van der Waals surface area contributed by atoms with Gasteiger partial charge in [0, 0.05) is 11.3 Å². The summed E-state index contributed by atoms with van der Waals surface area (Å²) >= 11 is 1.94. The van der Waals surface area contributed by atoms with Crippen LogP contribution in [0.15, 0.2) is 18.3 Å². The van der Waals surface area contributed by atoms with E-state index in [-0.39, 0.29) is 17.8 Å². The summed E-state index contributed by atoms with van der Waals surface area (Å²) in [6.07, 6.45) is 4.48. The van der Waals surface area contributed by atoms with E-state index in [0.717, 1.165) is 25.0 Å². The van der Waals surface area contributed by atoms with E-state index in [0.29, 0.717) is 10.9 Å². The fourth-order valence-corrected chi connectivity index (χ4v) is 3.55. The Morgan fingerprint density at radius 1 is 1.43 bits per heavy atom. The molecular weight excluding hydrogens is 290 g/mol. The monoisotopic (exact) mass is 309 g/mol. The predicted molar refractivity (Wildman–Crippen MR) is 82.9 cm³/mol. The van der Waals surface area contributed by atoms with E-state index < -0.39 is 5.97 Å². The molecule has 1 fully saturated rings. The number of hydrogen-bond acceptors (Lipinski definition) is 4. The summed E-state index contributed by atoms with van der Waals surface area (Å²) in [7, 11) is 0. The molecule has 1 saturated carbocycles. The summed E-state index contributed by atoms with van der Waals surface area (Å²) in [5, 5.41) is 15.0. The lowest BCUT2D eigenvalue weighted by molar-refractivity contribution is 0.0690. The summed E-state index contributed by atoms with van der Waals surface area (Å²) < 4.78 is 0. The standard InChI is InChI=1S/C14H19N3O3S/c1-2-21-11-5-3-9(7-11)16-14(20)17-10-4-6-12(13(18)19)15-8-10/h4,6,8-9,11H,2-3,5,7H2,1H3,(H,18,19)(H2,16,17,20). The third kappa shape index (κ3) is 4.63. The van der Waals surface area contributed by atoms with Crippen molar-refractivity contribution in [1.29, 1.82) is 0 Å². The molecule has 0 spiro atoms.